The fraction of sp³-hybridized carbons (Fsp3) is 0.167. The highest BCUT2D eigenvalue weighted by Gasteiger charge is 2.11. The number of ether oxygens (including phenoxy) is 2. The summed E-state index contributed by atoms with van der Waals surface area (Å²) in [5.41, 5.74) is 3.86. The zero-order chi connectivity index (χ0) is 21.5. The quantitative estimate of drug-likeness (QED) is 0.410. The molecule has 4 aromatic rings. The smallest absolute Gasteiger partial charge is 0.130 e. The van der Waals surface area contributed by atoms with Gasteiger partial charge in [-0.3, -0.25) is 4.98 Å². The minimum atomic E-state index is 0.398. The summed E-state index contributed by atoms with van der Waals surface area (Å²) >= 11 is 6.50. The van der Waals surface area contributed by atoms with Gasteiger partial charge in [-0.2, -0.15) is 0 Å². The SMILES string of the molecule is COc1ccc(OCc2ccccn2)c(CNCc2c(Cl)cccc2-n2ccnc2)c1. The first-order valence-corrected chi connectivity index (χ1v) is 10.3. The molecule has 0 aliphatic rings. The van der Waals surface area contributed by atoms with Gasteiger partial charge in [0.25, 0.3) is 0 Å². The number of aromatic nitrogens is 3. The maximum atomic E-state index is 6.50. The van der Waals surface area contributed by atoms with Crippen molar-refractivity contribution in [2.75, 3.05) is 7.11 Å². The number of hydrogen-bond donors (Lipinski definition) is 1. The van der Waals surface area contributed by atoms with Gasteiger partial charge in [-0.1, -0.05) is 23.7 Å². The van der Waals surface area contributed by atoms with Gasteiger partial charge in [-0.15, -0.1) is 0 Å². The molecular weight excluding hydrogens is 412 g/mol. The zero-order valence-corrected chi connectivity index (χ0v) is 17.9. The molecular formula is C24H23ClN4O2. The molecule has 1 N–H and O–H groups in total. The van der Waals surface area contributed by atoms with Crippen LogP contribution in [-0.4, -0.2) is 21.6 Å². The number of hydrogen-bond acceptors (Lipinski definition) is 5. The molecule has 0 radical (unpaired) electrons. The van der Waals surface area contributed by atoms with E-state index in [1.165, 1.54) is 0 Å². The minimum Gasteiger partial charge on any atom is -0.497 e. The van der Waals surface area contributed by atoms with Crippen molar-refractivity contribution in [3.63, 3.8) is 0 Å². The molecule has 0 bridgehead atoms. The number of methoxy groups -OCH3 is 1. The van der Waals surface area contributed by atoms with Crippen LogP contribution in [0.5, 0.6) is 11.5 Å². The summed E-state index contributed by atoms with van der Waals surface area (Å²) in [5, 5.41) is 4.19. The Morgan fingerprint density at radius 2 is 1.97 bits per heavy atom. The van der Waals surface area contributed by atoms with Crippen molar-refractivity contribution in [1.82, 2.24) is 19.9 Å². The second-order valence-electron chi connectivity index (χ2n) is 6.89. The van der Waals surface area contributed by atoms with E-state index in [1.54, 1.807) is 25.8 Å². The number of nitrogens with zero attached hydrogens (tertiary/aromatic N) is 3. The van der Waals surface area contributed by atoms with E-state index in [1.807, 2.05) is 65.4 Å². The number of nitrogens with one attached hydrogen (secondary N) is 1. The number of rotatable bonds is 9. The Kier molecular flexibility index (Phi) is 6.82. The van der Waals surface area contributed by atoms with E-state index in [2.05, 4.69) is 15.3 Å². The van der Waals surface area contributed by atoms with Crippen LogP contribution in [0.15, 0.2) is 79.5 Å². The van der Waals surface area contributed by atoms with Crippen molar-refractivity contribution >= 4 is 11.6 Å². The normalized spacial score (nSPS) is 10.8. The highest BCUT2D eigenvalue weighted by molar-refractivity contribution is 6.31. The second kappa shape index (κ2) is 10.1. The molecule has 0 aliphatic heterocycles. The summed E-state index contributed by atoms with van der Waals surface area (Å²) in [6.07, 6.45) is 7.18. The third-order valence-corrected chi connectivity index (χ3v) is 5.22. The van der Waals surface area contributed by atoms with E-state index < -0.39 is 0 Å². The number of pyridine rings is 1. The molecule has 31 heavy (non-hydrogen) atoms. The Labute approximate surface area is 186 Å². The fourth-order valence-electron chi connectivity index (χ4n) is 3.28. The maximum Gasteiger partial charge on any atom is 0.130 e. The highest BCUT2D eigenvalue weighted by Crippen LogP contribution is 2.26. The monoisotopic (exact) mass is 434 g/mol. The summed E-state index contributed by atoms with van der Waals surface area (Å²) < 4.78 is 13.4. The van der Waals surface area contributed by atoms with Crippen LogP contribution < -0.4 is 14.8 Å². The van der Waals surface area contributed by atoms with Crippen LogP contribution in [0.4, 0.5) is 0 Å². The first kappa shape index (κ1) is 20.9. The highest BCUT2D eigenvalue weighted by atomic mass is 35.5. The lowest BCUT2D eigenvalue weighted by Crippen LogP contribution is -2.16. The van der Waals surface area contributed by atoms with E-state index in [0.29, 0.717) is 24.7 Å². The average Bonchev–Trinajstić information content (AvgIpc) is 3.34. The van der Waals surface area contributed by atoms with Gasteiger partial charge in [0, 0.05) is 47.8 Å². The third-order valence-electron chi connectivity index (χ3n) is 4.86. The molecule has 0 saturated carbocycles. The molecule has 0 spiro atoms. The van der Waals surface area contributed by atoms with Gasteiger partial charge < -0.3 is 19.4 Å². The fourth-order valence-corrected chi connectivity index (χ4v) is 3.52. The van der Waals surface area contributed by atoms with Gasteiger partial charge in [-0.25, -0.2) is 4.98 Å². The van der Waals surface area contributed by atoms with E-state index in [-0.39, 0.29) is 0 Å². The molecule has 6 nitrogen and oxygen atoms in total. The van der Waals surface area contributed by atoms with Gasteiger partial charge in [0.15, 0.2) is 0 Å². The number of halogens is 1. The molecule has 2 aromatic heterocycles. The molecule has 158 valence electrons. The molecule has 2 aromatic carbocycles. The van der Waals surface area contributed by atoms with Crippen LogP contribution in [0.3, 0.4) is 0 Å². The van der Waals surface area contributed by atoms with Gasteiger partial charge in [-0.05, 0) is 42.5 Å². The van der Waals surface area contributed by atoms with E-state index >= 15 is 0 Å². The van der Waals surface area contributed by atoms with Crippen molar-refractivity contribution < 1.29 is 9.47 Å². The van der Waals surface area contributed by atoms with Gasteiger partial charge in [0.2, 0.25) is 0 Å². The minimum absolute atomic E-state index is 0.398. The third kappa shape index (κ3) is 5.23. The van der Waals surface area contributed by atoms with Gasteiger partial charge in [0.1, 0.15) is 18.1 Å². The zero-order valence-electron chi connectivity index (χ0n) is 17.2. The summed E-state index contributed by atoms with van der Waals surface area (Å²) in [4.78, 5) is 8.45. The van der Waals surface area contributed by atoms with E-state index in [9.17, 15) is 0 Å². The van der Waals surface area contributed by atoms with Crippen LogP contribution >= 0.6 is 11.6 Å². The predicted octanol–water partition coefficient (Wildman–Crippen LogP) is 4.80. The summed E-state index contributed by atoms with van der Waals surface area (Å²) in [6.45, 7) is 1.57. The standard InChI is InChI=1S/C24H23ClN4O2/c1-30-20-8-9-24(31-16-19-5-2-3-10-28-19)18(13-20)14-27-15-21-22(25)6-4-7-23(21)29-12-11-26-17-29/h2-13,17,27H,14-16H2,1H3. The van der Waals surface area contributed by atoms with Gasteiger partial charge >= 0.3 is 0 Å². The van der Waals surface area contributed by atoms with Crippen molar-refractivity contribution in [1.29, 1.82) is 0 Å². The van der Waals surface area contributed by atoms with Crippen LogP contribution in [0.2, 0.25) is 5.02 Å². The number of benzene rings is 2. The average molecular weight is 435 g/mol. The molecule has 4 rings (SSSR count). The summed E-state index contributed by atoms with van der Waals surface area (Å²) in [5.74, 6) is 1.56. The Morgan fingerprint density at radius 1 is 1.03 bits per heavy atom. The molecule has 0 amide bonds. The van der Waals surface area contributed by atoms with Crippen LogP contribution in [0.25, 0.3) is 5.69 Å². The first-order valence-electron chi connectivity index (χ1n) is 9.90. The Balaban J connectivity index is 1.48. The lowest BCUT2D eigenvalue weighted by molar-refractivity contribution is 0.296. The predicted molar refractivity (Wildman–Crippen MR) is 121 cm³/mol. The molecule has 0 fully saturated rings. The van der Waals surface area contributed by atoms with E-state index in [0.717, 1.165) is 34.0 Å². The van der Waals surface area contributed by atoms with Crippen LogP contribution in [0, 0.1) is 0 Å². The molecule has 0 saturated heterocycles. The van der Waals surface area contributed by atoms with Crippen LogP contribution in [-0.2, 0) is 19.7 Å². The largest absolute Gasteiger partial charge is 0.497 e. The van der Waals surface area contributed by atoms with Gasteiger partial charge in [0.05, 0.1) is 24.8 Å². The van der Waals surface area contributed by atoms with Crippen molar-refractivity contribution in [3.05, 3.63) is 101 Å². The van der Waals surface area contributed by atoms with Crippen molar-refractivity contribution in [2.24, 2.45) is 0 Å². The molecule has 0 atom stereocenters. The number of imidazole rings is 1. The Bertz CT molecular complexity index is 1120. The Hall–Kier alpha value is -3.35. The summed E-state index contributed by atoms with van der Waals surface area (Å²) in [6, 6.07) is 17.4. The Morgan fingerprint density at radius 3 is 2.74 bits per heavy atom. The topological polar surface area (TPSA) is 61.2 Å². The second-order valence-corrected chi connectivity index (χ2v) is 7.30. The van der Waals surface area contributed by atoms with Crippen molar-refractivity contribution in [3.8, 4) is 17.2 Å². The molecule has 7 heteroatoms. The molecule has 0 unspecified atom stereocenters. The van der Waals surface area contributed by atoms with Crippen LogP contribution in [0.1, 0.15) is 16.8 Å². The first-order chi connectivity index (χ1) is 15.2. The van der Waals surface area contributed by atoms with Crippen molar-refractivity contribution in [2.45, 2.75) is 19.7 Å². The maximum absolute atomic E-state index is 6.50. The summed E-state index contributed by atoms with van der Waals surface area (Å²) in [7, 11) is 1.65. The molecule has 2 heterocycles. The van der Waals surface area contributed by atoms with E-state index in [4.69, 9.17) is 21.1 Å². The molecule has 0 aliphatic carbocycles. The lowest BCUT2D eigenvalue weighted by Gasteiger charge is -2.16. The lowest BCUT2D eigenvalue weighted by atomic mass is 10.1.